The van der Waals surface area contributed by atoms with Gasteiger partial charge in [0.25, 0.3) is 0 Å². The topological polar surface area (TPSA) is 75.3 Å². The average Bonchev–Trinajstić information content (AvgIpc) is 2.48. The van der Waals surface area contributed by atoms with Crippen molar-refractivity contribution in [3.05, 3.63) is 24.3 Å². The van der Waals surface area contributed by atoms with Gasteiger partial charge in [0, 0.05) is 23.7 Å². The maximum atomic E-state index is 11.9. The normalized spacial score (nSPS) is 17.7. The van der Waals surface area contributed by atoms with Crippen molar-refractivity contribution in [2.24, 2.45) is 0 Å². The molecule has 0 aromatic heterocycles. The second kappa shape index (κ2) is 7.13. The Labute approximate surface area is 132 Å². The Kier molecular flexibility index (Phi) is 5.45. The summed E-state index contributed by atoms with van der Waals surface area (Å²) < 4.78 is 22.7. The molecule has 0 spiro atoms. The van der Waals surface area contributed by atoms with Gasteiger partial charge in [-0.1, -0.05) is 19.3 Å². The van der Waals surface area contributed by atoms with Crippen LogP contribution in [-0.4, -0.2) is 31.9 Å². The van der Waals surface area contributed by atoms with E-state index in [1.807, 2.05) is 12.1 Å². The largest absolute Gasteiger partial charge is 0.382 e. The Hall–Kier alpha value is -1.56. The highest BCUT2D eigenvalue weighted by Crippen LogP contribution is 2.22. The summed E-state index contributed by atoms with van der Waals surface area (Å²) in [6.45, 7) is 1.39. The molecule has 0 saturated heterocycles. The van der Waals surface area contributed by atoms with Crippen LogP contribution in [0.2, 0.25) is 0 Å². The van der Waals surface area contributed by atoms with Gasteiger partial charge in [0.2, 0.25) is 5.91 Å². The minimum absolute atomic E-state index is 0.504. The highest BCUT2D eigenvalue weighted by molar-refractivity contribution is 7.92. The van der Waals surface area contributed by atoms with Gasteiger partial charge in [0.15, 0.2) is 9.84 Å². The van der Waals surface area contributed by atoms with Crippen LogP contribution in [-0.2, 0) is 14.6 Å². The third-order valence-electron chi connectivity index (χ3n) is 4.14. The van der Waals surface area contributed by atoms with Gasteiger partial charge in [0.05, 0.1) is 0 Å². The number of carbonyl (C=O) groups is 1. The van der Waals surface area contributed by atoms with Gasteiger partial charge >= 0.3 is 0 Å². The zero-order chi connectivity index (χ0) is 16.2. The van der Waals surface area contributed by atoms with Gasteiger partial charge in [-0.05, 0) is 44.0 Å². The monoisotopic (exact) mass is 324 g/mol. The first kappa shape index (κ1) is 16.8. The molecule has 0 aliphatic heterocycles. The molecule has 2 rings (SSSR count). The van der Waals surface area contributed by atoms with E-state index in [2.05, 4.69) is 10.6 Å². The SMILES string of the molecule is C[C@@H](C(=O)Nc1ccc(NC2CCCCC2)cc1)S(C)(=O)=O. The Morgan fingerprint density at radius 1 is 1.09 bits per heavy atom. The van der Waals surface area contributed by atoms with Crippen molar-refractivity contribution < 1.29 is 13.2 Å². The molecule has 0 radical (unpaired) electrons. The van der Waals surface area contributed by atoms with E-state index in [0.29, 0.717) is 11.7 Å². The molecule has 1 aliphatic carbocycles. The van der Waals surface area contributed by atoms with Crippen LogP contribution in [0.3, 0.4) is 0 Å². The molecule has 122 valence electrons. The summed E-state index contributed by atoms with van der Waals surface area (Å²) >= 11 is 0. The summed E-state index contributed by atoms with van der Waals surface area (Å²) in [5.41, 5.74) is 1.63. The molecule has 1 amide bonds. The lowest BCUT2D eigenvalue weighted by Crippen LogP contribution is -2.31. The second-order valence-corrected chi connectivity index (χ2v) is 8.38. The van der Waals surface area contributed by atoms with Gasteiger partial charge in [-0.3, -0.25) is 4.79 Å². The number of amides is 1. The maximum Gasteiger partial charge on any atom is 0.242 e. The molecule has 1 saturated carbocycles. The fraction of sp³-hybridized carbons (Fsp3) is 0.562. The number of anilines is 2. The Balaban J connectivity index is 1.92. The van der Waals surface area contributed by atoms with E-state index in [0.717, 1.165) is 11.9 Å². The Morgan fingerprint density at radius 3 is 2.18 bits per heavy atom. The van der Waals surface area contributed by atoms with Crippen LogP contribution in [0.5, 0.6) is 0 Å². The first-order chi connectivity index (χ1) is 10.4. The lowest BCUT2D eigenvalue weighted by Gasteiger charge is -2.24. The molecule has 0 unspecified atom stereocenters. The van der Waals surface area contributed by atoms with E-state index in [1.165, 1.54) is 39.0 Å². The molecule has 6 heteroatoms. The Bertz CT molecular complexity index is 605. The highest BCUT2D eigenvalue weighted by Gasteiger charge is 2.23. The lowest BCUT2D eigenvalue weighted by atomic mass is 9.95. The summed E-state index contributed by atoms with van der Waals surface area (Å²) in [5.74, 6) is -0.504. The number of hydrogen-bond acceptors (Lipinski definition) is 4. The van der Waals surface area contributed by atoms with Crippen LogP contribution in [0, 0.1) is 0 Å². The summed E-state index contributed by atoms with van der Waals surface area (Å²) in [6.07, 6.45) is 7.33. The highest BCUT2D eigenvalue weighted by atomic mass is 32.2. The third kappa shape index (κ3) is 4.73. The molecule has 1 atom stereocenters. The number of benzene rings is 1. The van der Waals surface area contributed by atoms with Crippen LogP contribution in [0.1, 0.15) is 39.0 Å². The summed E-state index contributed by atoms with van der Waals surface area (Å²) in [6, 6.07) is 7.93. The molecular weight excluding hydrogens is 300 g/mol. The molecule has 1 aromatic carbocycles. The summed E-state index contributed by atoms with van der Waals surface area (Å²) in [4.78, 5) is 11.9. The minimum atomic E-state index is -3.37. The van der Waals surface area contributed by atoms with E-state index in [9.17, 15) is 13.2 Å². The third-order valence-corrected chi connectivity index (χ3v) is 5.64. The second-order valence-electron chi connectivity index (χ2n) is 6.02. The molecular formula is C16H24N2O3S. The Morgan fingerprint density at radius 2 is 1.64 bits per heavy atom. The standard InChI is InChI=1S/C16H24N2O3S/c1-12(22(2,20)21)16(19)18-15-10-8-14(9-11-15)17-13-6-4-3-5-7-13/h8-13,17H,3-7H2,1-2H3,(H,18,19)/t12-/m0/s1. The van der Waals surface area contributed by atoms with Crippen LogP contribution < -0.4 is 10.6 Å². The van der Waals surface area contributed by atoms with Gasteiger partial charge in [-0.15, -0.1) is 0 Å². The number of rotatable bonds is 5. The van der Waals surface area contributed by atoms with Gasteiger partial charge in [-0.25, -0.2) is 8.42 Å². The van der Waals surface area contributed by atoms with Crippen molar-refractivity contribution in [2.75, 3.05) is 16.9 Å². The number of carbonyl (C=O) groups excluding carboxylic acids is 1. The quantitative estimate of drug-likeness (QED) is 0.873. The van der Waals surface area contributed by atoms with Gasteiger partial charge in [-0.2, -0.15) is 0 Å². The zero-order valence-corrected chi connectivity index (χ0v) is 13.9. The van der Waals surface area contributed by atoms with Crippen LogP contribution in [0.15, 0.2) is 24.3 Å². The predicted octanol–water partition coefficient (Wildman–Crippen LogP) is 2.80. The van der Waals surface area contributed by atoms with E-state index in [-0.39, 0.29) is 0 Å². The first-order valence-electron chi connectivity index (χ1n) is 7.72. The van der Waals surface area contributed by atoms with Crippen molar-refractivity contribution >= 4 is 27.1 Å². The van der Waals surface area contributed by atoms with Crippen molar-refractivity contribution in [3.8, 4) is 0 Å². The van der Waals surface area contributed by atoms with Crippen LogP contribution in [0.25, 0.3) is 0 Å². The van der Waals surface area contributed by atoms with Crippen molar-refractivity contribution in [2.45, 2.75) is 50.3 Å². The molecule has 1 aliphatic rings. The zero-order valence-electron chi connectivity index (χ0n) is 13.1. The number of nitrogens with one attached hydrogen (secondary N) is 2. The molecule has 0 heterocycles. The van der Waals surface area contributed by atoms with Crippen LogP contribution in [0.4, 0.5) is 11.4 Å². The molecule has 1 aromatic rings. The van der Waals surface area contributed by atoms with Crippen molar-refractivity contribution in [1.29, 1.82) is 0 Å². The smallest absolute Gasteiger partial charge is 0.242 e. The molecule has 22 heavy (non-hydrogen) atoms. The fourth-order valence-corrected chi connectivity index (χ4v) is 3.02. The maximum absolute atomic E-state index is 11.9. The van der Waals surface area contributed by atoms with Crippen molar-refractivity contribution in [1.82, 2.24) is 0 Å². The van der Waals surface area contributed by atoms with Crippen molar-refractivity contribution in [3.63, 3.8) is 0 Å². The number of hydrogen-bond donors (Lipinski definition) is 2. The molecule has 1 fully saturated rings. The summed E-state index contributed by atoms with van der Waals surface area (Å²) in [5, 5.41) is 5.08. The number of sulfone groups is 1. The summed E-state index contributed by atoms with van der Waals surface area (Å²) in [7, 11) is -3.37. The lowest BCUT2D eigenvalue weighted by molar-refractivity contribution is -0.115. The van der Waals surface area contributed by atoms with Gasteiger partial charge < -0.3 is 10.6 Å². The first-order valence-corrected chi connectivity index (χ1v) is 9.68. The van der Waals surface area contributed by atoms with E-state index in [4.69, 9.17) is 0 Å². The molecule has 2 N–H and O–H groups in total. The van der Waals surface area contributed by atoms with E-state index < -0.39 is 21.0 Å². The molecule has 0 bridgehead atoms. The van der Waals surface area contributed by atoms with E-state index in [1.54, 1.807) is 12.1 Å². The molecule has 5 nitrogen and oxygen atoms in total. The predicted molar refractivity (Wildman–Crippen MR) is 89.9 cm³/mol. The minimum Gasteiger partial charge on any atom is -0.382 e. The van der Waals surface area contributed by atoms with Crippen LogP contribution >= 0.6 is 0 Å². The van der Waals surface area contributed by atoms with Gasteiger partial charge in [0.1, 0.15) is 5.25 Å². The fourth-order valence-electron chi connectivity index (χ4n) is 2.57. The van der Waals surface area contributed by atoms with E-state index >= 15 is 0 Å². The average molecular weight is 324 g/mol.